The second-order valence-corrected chi connectivity index (χ2v) is 9.43. The maximum atomic E-state index is 12.4. The zero-order chi connectivity index (χ0) is 26.3. The van der Waals surface area contributed by atoms with E-state index >= 15 is 0 Å². The van der Waals surface area contributed by atoms with E-state index in [0.717, 1.165) is 12.0 Å². The lowest BCUT2D eigenvalue weighted by molar-refractivity contribution is -0.0504. The third kappa shape index (κ3) is 7.42. The van der Waals surface area contributed by atoms with Gasteiger partial charge >= 0.3 is 0 Å². The van der Waals surface area contributed by atoms with Crippen LogP contribution in [0.5, 0.6) is 0 Å². The molecule has 0 bridgehead atoms. The second kappa shape index (κ2) is 11.4. The van der Waals surface area contributed by atoms with E-state index < -0.39 is 11.5 Å². The summed E-state index contributed by atoms with van der Waals surface area (Å²) < 4.78 is 26.5. The van der Waals surface area contributed by atoms with Crippen molar-refractivity contribution in [3.05, 3.63) is 53.5 Å². The highest BCUT2D eigenvalue weighted by atomic mass is 19.3. The summed E-state index contributed by atoms with van der Waals surface area (Å²) in [5.41, 5.74) is 2.13. The molecule has 9 heteroatoms. The SMILES string of the molecule is CC(C)(O)CCC#Cc1nc2cc(C=O)cnc2n1-c1ccc(C#N)cc1.CN1CCC(F)(F)CC1. The highest BCUT2D eigenvalue weighted by Crippen LogP contribution is 2.26. The van der Waals surface area contributed by atoms with Crippen molar-refractivity contribution in [2.45, 2.75) is 51.1 Å². The maximum Gasteiger partial charge on any atom is 0.250 e. The number of likely N-dealkylation sites (tertiary alicyclic amines) is 1. The Labute approximate surface area is 209 Å². The van der Waals surface area contributed by atoms with Crippen molar-refractivity contribution in [1.82, 2.24) is 19.4 Å². The number of nitriles is 1. The van der Waals surface area contributed by atoms with Crippen molar-refractivity contribution in [3.8, 4) is 23.6 Å². The number of carbonyl (C=O) groups excluding carboxylic acids is 1. The smallest absolute Gasteiger partial charge is 0.250 e. The average molecular weight is 494 g/mol. The number of hydrogen-bond donors (Lipinski definition) is 1. The fourth-order valence-corrected chi connectivity index (χ4v) is 3.51. The molecule has 0 saturated carbocycles. The van der Waals surface area contributed by atoms with Gasteiger partial charge in [0.2, 0.25) is 0 Å². The first kappa shape index (κ1) is 26.9. The molecule has 36 heavy (non-hydrogen) atoms. The first-order valence-corrected chi connectivity index (χ1v) is 11.6. The summed E-state index contributed by atoms with van der Waals surface area (Å²) in [6.45, 7) is 4.55. The summed E-state index contributed by atoms with van der Waals surface area (Å²) in [6, 6.07) is 10.8. The van der Waals surface area contributed by atoms with Gasteiger partial charge in [0.05, 0.1) is 17.2 Å². The molecule has 3 heterocycles. The lowest BCUT2D eigenvalue weighted by Crippen LogP contribution is -2.36. The van der Waals surface area contributed by atoms with E-state index in [0.29, 0.717) is 54.0 Å². The van der Waals surface area contributed by atoms with Crippen molar-refractivity contribution in [2.24, 2.45) is 0 Å². The van der Waals surface area contributed by atoms with Crippen LogP contribution in [0.4, 0.5) is 8.78 Å². The van der Waals surface area contributed by atoms with E-state index in [-0.39, 0.29) is 12.8 Å². The molecule has 1 aliphatic rings. The van der Waals surface area contributed by atoms with E-state index in [4.69, 9.17) is 5.26 Å². The number of carbonyl (C=O) groups is 1. The molecule has 4 rings (SSSR count). The highest BCUT2D eigenvalue weighted by molar-refractivity contribution is 5.83. The Balaban J connectivity index is 0.000000338. The zero-order valence-electron chi connectivity index (χ0n) is 20.6. The summed E-state index contributed by atoms with van der Waals surface area (Å²) in [5, 5.41) is 18.8. The van der Waals surface area contributed by atoms with Gasteiger partial charge in [0.1, 0.15) is 5.52 Å². The Hall–Kier alpha value is -3.66. The molecular formula is C27H29F2N5O2. The van der Waals surface area contributed by atoms with Gasteiger partial charge in [0.25, 0.3) is 5.92 Å². The van der Waals surface area contributed by atoms with Gasteiger partial charge in [-0.15, -0.1) is 0 Å². The third-order valence-electron chi connectivity index (χ3n) is 5.69. The molecule has 1 fully saturated rings. The third-order valence-corrected chi connectivity index (χ3v) is 5.69. The molecule has 1 N–H and O–H groups in total. The van der Waals surface area contributed by atoms with Gasteiger partial charge in [-0.05, 0) is 63.6 Å². The number of piperidine rings is 1. The quantitative estimate of drug-likeness (QED) is 0.429. The molecule has 0 amide bonds. The number of alkyl halides is 2. The van der Waals surface area contributed by atoms with Gasteiger partial charge in [-0.1, -0.05) is 5.92 Å². The summed E-state index contributed by atoms with van der Waals surface area (Å²) in [4.78, 5) is 21.8. The Morgan fingerprint density at radius 3 is 2.44 bits per heavy atom. The topological polar surface area (TPSA) is 95.0 Å². The summed E-state index contributed by atoms with van der Waals surface area (Å²) in [5.74, 6) is 4.18. The molecule has 3 aromatic rings. The van der Waals surface area contributed by atoms with Gasteiger partial charge in [-0.3, -0.25) is 9.36 Å². The molecular weight excluding hydrogens is 464 g/mol. The van der Waals surface area contributed by atoms with E-state index in [1.165, 1.54) is 6.20 Å². The predicted octanol–water partition coefficient (Wildman–Crippen LogP) is 4.35. The number of halogens is 2. The molecule has 7 nitrogen and oxygen atoms in total. The Bertz CT molecular complexity index is 1300. The molecule has 188 valence electrons. The van der Waals surface area contributed by atoms with Crippen LogP contribution in [0.1, 0.15) is 61.3 Å². The van der Waals surface area contributed by atoms with Gasteiger partial charge in [-0.25, -0.2) is 18.7 Å². The minimum atomic E-state index is -2.38. The Morgan fingerprint density at radius 2 is 1.89 bits per heavy atom. The van der Waals surface area contributed by atoms with Crippen LogP contribution in [-0.4, -0.2) is 62.5 Å². The predicted molar refractivity (Wildman–Crippen MR) is 133 cm³/mol. The maximum absolute atomic E-state index is 12.4. The lowest BCUT2D eigenvalue weighted by Gasteiger charge is -2.28. The first-order valence-electron chi connectivity index (χ1n) is 11.6. The van der Waals surface area contributed by atoms with Crippen molar-refractivity contribution >= 4 is 17.5 Å². The Kier molecular flexibility index (Phi) is 8.52. The molecule has 1 saturated heterocycles. The zero-order valence-corrected chi connectivity index (χ0v) is 20.6. The van der Waals surface area contributed by atoms with E-state index in [9.17, 15) is 18.7 Å². The number of aldehydes is 1. The largest absolute Gasteiger partial charge is 0.390 e. The molecule has 0 radical (unpaired) electrons. The number of fused-ring (bicyclic) bond motifs is 1. The number of rotatable bonds is 4. The summed E-state index contributed by atoms with van der Waals surface area (Å²) in [6.07, 6.45) is 3.34. The summed E-state index contributed by atoms with van der Waals surface area (Å²) >= 11 is 0. The van der Waals surface area contributed by atoms with Gasteiger partial charge in [-0.2, -0.15) is 5.26 Å². The van der Waals surface area contributed by atoms with Crippen LogP contribution in [0.25, 0.3) is 16.9 Å². The second-order valence-electron chi connectivity index (χ2n) is 9.43. The Morgan fingerprint density at radius 1 is 1.22 bits per heavy atom. The van der Waals surface area contributed by atoms with Gasteiger partial charge in [0, 0.05) is 49.8 Å². The van der Waals surface area contributed by atoms with Crippen molar-refractivity contribution in [1.29, 1.82) is 5.26 Å². The highest BCUT2D eigenvalue weighted by Gasteiger charge is 2.32. The van der Waals surface area contributed by atoms with Crippen LogP contribution in [0.3, 0.4) is 0 Å². The van der Waals surface area contributed by atoms with Crippen molar-refractivity contribution < 1.29 is 18.7 Å². The van der Waals surface area contributed by atoms with Crippen LogP contribution in [-0.2, 0) is 0 Å². The average Bonchev–Trinajstić information content (AvgIpc) is 3.21. The molecule has 2 aromatic heterocycles. The minimum Gasteiger partial charge on any atom is -0.390 e. The normalized spacial score (nSPS) is 15.2. The number of nitrogens with zero attached hydrogens (tertiary/aromatic N) is 5. The molecule has 1 aromatic carbocycles. The standard InChI is InChI=1S/C21H18N4O2.C6H11F2N/c1-21(2,27)10-4-3-5-19-24-18-11-16(14-26)13-23-20(18)25(19)17-8-6-15(12-22)7-9-17;1-9-4-2-6(7,8)3-5-9/h6-9,11,13-14,27H,4,10H2,1-2H3;2-5H2,1H3. The fourth-order valence-electron chi connectivity index (χ4n) is 3.51. The minimum absolute atomic E-state index is 0.0312. The van der Waals surface area contributed by atoms with Crippen LogP contribution < -0.4 is 0 Å². The monoisotopic (exact) mass is 493 g/mol. The number of imidazole rings is 1. The van der Waals surface area contributed by atoms with Crippen LogP contribution in [0.2, 0.25) is 0 Å². The summed E-state index contributed by atoms with van der Waals surface area (Å²) in [7, 11) is 1.87. The molecule has 0 unspecified atom stereocenters. The number of benzene rings is 1. The van der Waals surface area contributed by atoms with Crippen LogP contribution >= 0.6 is 0 Å². The van der Waals surface area contributed by atoms with Crippen LogP contribution in [0.15, 0.2) is 36.5 Å². The molecule has 1 aliphatic heterocycles. The first-order chi connectivity index (χ1) is 17.0. The van der Waals surface area contributed by atoms with Crippen LogP contribution in [0, 0.1) is 23.2 Å². The van der Waals surface area contributed by atoms with Crippen molar-refractivity contribution in [2.75, 3.05) is 20.1 Å². The fraction of sp³-hybridized carbons (Fsp3) is 0.407. The van der Waals surface area contributed by atoms with Crippen molar-refractivity contribution in [3.63, 3.8) is 0 Å². The number of pyridine rings is 1. The van der Waals surface area contributed by atoms with E-state index in [2.05, 4.69) is 27.9 Å². The number of hydrogen-bond acceptors (Lipinski definition) is 6. The van der Waals surface area contributed by atoms with Gasteiger partial charge < -0.3 is 10.0 Å². The molecule has 0 atom stereocenters. The molecule has 0 aliphatic carbocycles. The number of aromatic nitrogens is 3. The molecule has 0 spiro atoms. The number of aliphatic hydroxyl groups is 1. The van der Waals surface area contributed by atoms with E-state index in [1.807, 2.05) is 11.9 Å². The lowest BCUT2D eigenvalue weighted by atomic mass is 10.0. The van der Waals surface area contributed by atoms with Gasteiger partial charge in [0.15, 0.2) is 17.8 Å². The van der Waals surface area contributed by atoms with E-state index in [1.54, 1.807) is 48.7 Å².